The van der Waals surface area contributed by atoms with Gasteiger partial charge in [-0.1, -0.05) is 32.6 Å². The average molecular weight is 280 g/mol. The first-order chi connectivity index (χ1) is 9.42. The molecule has 1 rings (SSSR count). The molecular formula is C16H28N2O2. The molecule has 0 unspecified atom stereocenters. The number of hydrogen-bond acceptors (Lipinski definition) is 4. The van der Waals surface area contributed by atoms with E-state index in [4.69, 9.17) is 15.2 Å². The maximum Gasteiger partial charge on any atom is 0.241 e. The van der Waals surface area contributed by atoms with Crippen LogP contribution >= 0.6 is 0 Å². The largest absolute Gasteiger partial charge is 0.478 e. The topological polar surface area (TPSA) is 57.4 Å². The zero-order valence-corrected chi connectivity index (χ0v) is 13.2. The fraction of sp³-hybridized carbons (Fsp3) is 0.688. The minimum atomic E-state index is -0.320. The van der Waals surface area contributed by atoms with Crippen molar-refractivity contribution >= 4 is 5.69 Å². The van der Waals surface area contributed by atoms with E-state index < -0.39 is 0 Å². The summed E-state index contributed by atoms with van der Waals surface area (Å²) >= 11 is 0. The summed E-state index contributed by atoms with van der Waals surface area (Å²) in [4.78, 5) is 4.32. The number of pyridine rings is 1. The molecule has 4 heteroatoms. The molecule has 1 heterocycles. The molecule has 114 valence electrons. The normalized spacial score (nSPS) is 11.4. The second-order valence-electron chi connectivity index (χ2n) is 6.02. The number of ether oxygens (including phenoxy) is 2. The molecule has 0 atom stereocenters. The first-order valence-corrected chi connectivity index (χ1v) is 7.50. The van der Waals surface area contributed by atoms with Gasteiger partial charge in [-0.2, -0.15) is 4.98 Å². The van der Waals surface area contributed by atoms with Crippen LogP contribution in [-0.2, 0) is 0 Å². The van der Waals surface area contributed by atoms with Crippen molar-refractivity contribution < 1.29 is 9.47 Å². The van der Waals surface area contributed by atoms with E-state index in [2.05, 4.69) is 11.9 Å². The van der Waals surface area contributed by atoms with E-state index in [1.54, 1.807) is 12.1 Å². The van der Waals surface area contributed by atoms with Crippen molar-refractivity contribution in [3.63, 3.8) is 0 Å². The van der Waals surface area contributed by atoms with Crippen LogP contribution in [0.1, 0.15) is 59.8 Å². The van der Waals surface area contributed by atoms with Crippen molar-refractivity contribution in [2.24, 2.45) is 0 Å². The molecule has 0 bridgehead atoms. The van der Waals surface area contributed by atoms with Gasteiger partial charge in [0.2, 0.25) is 11.8 Å². The predicted molar refractivity (Wildman–Crippen MR) is 83.3 cm³/mol. The monoisotopic (exact) mass is 280 g/mol. The SMILES string of the molecule is CCCCCCCOc1ccc(N)c(OC(C)(C)C)n1. The molecule has 4 nitrogen and oxygen atoms in total. The summed E-state index contributed by atoms with van der Waals surface area (Å²) in [7, 11) is 0. The van der Waals surface area contributed by atoms with Gasteiger partial charge in [-0.25, -0.2) is 0 Å². The van der Waals surface area contributed by atoms with Gasteiger partial charge in [-0.05, 0) is 33.3 Å². The highest BCUT2D eigenvalue weighted by Gasteiger charge is 2.15. The maximum absolute atomic E-state index is 5.86. The van der Waals surface area contributed by atoms with Crippen LogP contribution in [0.2, 0.25) is 0 Å². The number of rotatable bonds is 8. The molecule has 1 aromatic rings. The minimum absolute atomic E-state index is 0.320. The standard InChI is InChI=1S/C16H28N2O2/c1-5-6-7-8-9-12-19-14-11-10-13(17)15(18-14)20-16(2,3)4/h10-11H,5-9,12,17H2,1-4H3. The molecule has 0 fully saturated rings. The quantitative estimate of drug-likeness (QED) is 0.725. The summed E-state index contributed by atoms with van der Waals surface area (Å²) in [6.07, 6.45) is 6.08. The van der Waals surface area contributed by atoms with Gasteiger partial charge in [0.25, 0.3) is 0 Å². The number of nitrogens with two attached hydrogens (primary N) is 1. The maximum atomic E-state index is 5.86. The van der Waals surface area contributed by atoms with Crippen molar-refractivity contribution in [1.29, 1.82) is 0 Å². The summed E-state index contributed by atoms with van der Waals surface area (Å²) < 4.78 is 11.4. The number of unbranched alkanes of at least 4 members (excludes halogenated alkanes) is 4. The molecule has 0 aliphatic carbocycles. The van der Waals surface area contributed by atoms with Gasteiger partial charge in [-0.3, -0.25) is 0 Å². The summed E-state index contributed by atoms with van der Waals surface area (Å²) in [5.41, 5.74) is 6.08. The number of aromatic nitrogens is 1. The second kappa shape index (κ2) is 7.98. The molecule has 0 aliphatic rings. The summed E-state index contributed by atoms with van der Waals surface area (Å²) in [6, 6.07) is 3.57. The molecule has 0 saturated carbocycles. The molecule has 20 heavy (non-hydrogen) atoms. The van der Waals surface area contributed by atoms with Crippen molar-refractivity contribution in [3.05, 3.63) is 12.1 Å². The Morgan fingerprint density at radius 2 is 1.80 bits per heavy atom. The third-order valence-corrected chi connectivity index (χ3v) is 2.76. The van der Waals surface area contributed by atoms with Crippen LogP contribution in [0.25, 0.3) is 0 Å². The van der Waals surface area contributed by atoms with Crippen molar-refractivity contribution in [2.45, 2.75) is 65.4 Å². The van der Waals surface area contributed by atoms with E-state index in [0.29, 0.717) is 24.1 Å². The summed E-state index contributed by atoms with van der Waals surface area (Å²) in [5.74, 6) is 1.02. The summed E-state index contributed by atoms with van der Waals surface area (Å²) in [6.45, 7) is 8.81. The van der Waals surface area contributed by atoms with Gasteiger partial charge >= 0.3 is 0 Å². The Balaban J connectivity index is 2.45. The Kier molecular flexibility index (Phi) is 6.62. The first-order valence-electron chi connectivity index (χ1n) is 7.50. The Morgan fingerprint density at radius 3 is 2.45 bits per heavy atom. The average Bonchev–Trinajstić information content (AvgIpc) is 2.35. The van der Waals surface area contributed by atoms with Gasteiger partial charge in [-0.15, -0.1) is 0 Å². The highest BCUT2D eigenvalue weighted by Crippen LogP contribution is 2.25. The minimum Gasteiger partial charge on any atom is -0.478 e. The second-order valence-corrected chi connectivity index (χ2v) is 6.02. The predicted octanol–water partition coefficient (Wildman–Crippen LogP) is 4.19. The van der Waals surface area contributed by atoms with Gasteiger partial charge in [0.05, 0.1) is 12.3 Å². The lowest BCUT2D eigenvalue weighted by atomic mass is 10.2. The number of nitrogen functional groups attached to an aromatic ring is 1. The third kappa shape index (κ3) is 6.64. The van der Waals surface area contributed by atoms with Crippen LogP contribution in [0.5, 0.6) is 11.8 Å². The number of hydrogen-bond donors (Lipinski definition) is 1. The van der Waals surface area contributed by atoms with Crippen molar-refractivity contribution in [2.75, 3.05) is 12.3 Å². The Bertz CT molecular complexity index is 400. The molecule has 0 saturated heterocycles. The van der Waals surface area contributed by atoms with E-state index >= 15 is 0 Å². The fourth-order valence-electron chi connectivity index (χ4n) is 1.77. The van der Waals surface area contributed by atoms with Crippen LogP contribution < -0.4 is 15.2 Å². The molecule has 2 N–H and O–H groups in total. The smallest absolute Gasteiger partial charge is 0.241 e. The fourth-order valence-corrected chi connectivity index (χ4v) is 1.77. The van der Waals surface area contributed by atoms with Gasteiger partial charge in [0, 0.05) is 6.07 Å². The molecule has 0 amide bonds. The van der Waals surface area contributed by atoms with Crippen LogP contribution in [0.15, 0.2) is 12.1 Å². The highest BCUT2D eigenvalue weighted by atomic mass is 16.5. The number of anilines is 1. The lowest BCUT2D eigenvalue weighted by molar-refractivity contribution is 0.123. The zero-order valence-electron chi connectivity index (χ0n) is 13.2. The van der Waals surface area contributed by atoms with Crippen LogP contribution in [0.3, 0.4) is 0 Å². The molecule has 1 aromatic heterocycles. The Hall–Kier alpha value is -1.45. The molecule has 0 aromatic carbocycles. The molecular weight excluding hydrogens is 252 g/mol. The first kappa shape index (κ1) is 16.6. The van der Waals surface area contributed by atoms with E-state index in [1.807, 2.05) is 20.8 Å². The van der Waals surface area contributed by atoms with E-state index in [1.165, 1.54) is 25.7 Å². The lowest BCUT2D eigenvalue weighted by Crippen LogP contribution is -2.24. The van der Waals surface area contributed by atoms with Crippen molar-refractivity contribution in [1.82, 2.24) is 4.98 Å². The lowest BCUT2D eigenvalue weighted by Gasteiger charge is -2.21. The van der Waals surface area contributed by atoms with Crippen LogP contribution in [0.4, 0.5) is 5.69 Å². The van der Waals surface area contributed by atoms with Crippen molar-refractivity contribution in [3.8, 4) is 11.8 Å². The van der Waals surface area contributed by atoms with E-state index in [0.717, 1.165) is 6.42 Å². The Morgan fingerprint density at radius 1 is 1.10 bits per heavy atom. The number of nitrogens with zero attached hydrogens (tertiary/aromatic N) is 1. The highest BCUT2D eigenvalue weighted by molar-refractivity contribution is 5.49. The zero-order chi connectivity index (χ0) is 15.0. The van der Waals surface area contributed by atoms with E-state index in [9.17, 15) is 0 Å². The Labute approximate surface area is 122 Å². The summed E-state index contributed by atoms with van der Waals surface area (Å²) in [5, 5.41) is 0. The van der Waals surface area contributed by atoms with Gasteiger partial charge < -0.3 is 15.2 Å². The molecule has 0 aliphatic heterocycles. The molecule has 0 spiro atoms. The van der Waals surface area contributed by atoms with Gasteiger partial charge in [0.1, 0.15) is 5.60 Å². The van der Waals surface area contributed by atoms with Crippen LogP contribution in [-0.4, -0.2) is 17.2 Å². The van der Waals surface area contributed by atoms with Crippen LogP contribution in [0, 0.1) is 0 Å². The van der Waals surface area contributed by atoms with E-state index in [-0.39, 0.29) is 5.60 Å². The molecule has 0 radical (unpaired) electrons. The van der Waals surface area contributed by atoms with Gasteiger partial charge in [0.15, 0.2) is 0 Å². The third-order valence-electron chi connectivity index (χ3n) is 2.76.